The van der Waals surface area contributed by atoms with Gasteiger partial charge in [-0.25, -0.2) is 8.78 Å². The van der Waals surface area contributed by atoms with Crippen molar-refractivity contribution in [1.29, 1.82) is 0 Å². The Morgan fingerprint density at radius 3 is 2.18 bits per heavy atom. The molecule has 2 atom stereocenters. The van der Waals surface area contributed by atoms with Gasteiger partial charge in [-0.05, 0) is 78.3 Å². The van der Waals surface area contributed by atoms with Crippen molar-refractivity contribution in [2.45, 2.75) is 71.6 Å². The van der Waals surface area contributed by atoms with Crippen molar-refractivity contribution in [3.8, 4) is 12.3 Å². The van der Waals surface area contributed by atoms with Gasteiger partial charge in [0.05, 0.1) is 12.1 Å². The zero-order valence-corrected chi connectivity index (χ0v) is 25.8. The van der Waals surface area contributed by atoms with Crippen LogP contribution in [0, 0.1) is 24.0 Å². The number of halogens is 2. The van der Waals surface area contributed by atoms with Crippen molar-refractivity contribution in [1.82, 2.24) is 15.5 Å². The number of carbonyl (C=O) groups excluding carboxylic acids is 2. The zero-order chi connectivity index (χ0) is 32.1. The van der Waals surface area contributed by atoms with Gasteiger partial charge in [0.2, 0.25) is 0 Å². The Labute approximate surface area is 259 Å². The van der Waals surface area contributed by atoms with E-state index in [9.17, 15) is 23.5 Å². The van der Waals surface area contributed by atoms with Gasteiger partial charge in [-0.3, -0.25) is 9.59 Å². The highest BCUT2D eigenvalue weighted by atomic mass is 19.1. The number of benzene rings is 3. The predicted molar refractivity (Wildman–Crippen MR) is 170 cm³/mol. The number of carbonyl (C=O) groups is 2. The number of aryl methyl sites for hydroxylation is 1. The SMILES string of the molecule is C#CCc1cc(C(=O)N[C@@H](Cc2cc(F)cc(F)c2)[C@H](O)CNCc2cccc(CC)c2)cc(C(=O)N(CCC)CCC)c1. The van der Waals surface area contributed by atoms with Crippen molar-refractivity contribution >= 4 is 11.8 Å². The van der Waals surface area contributed by atoms with Crippen LogP contribution in [0.25, 0.3) is 0 Å². The highest BCUT2D eigenvalue weighted by Gasteiger charge is 2.24. The monoisotopic (exact) mass is 603 g/mol. The van der Waals surface area contributed by atoms with Crippen LogP contribution in [0.3, 0.4) is 0 Å². The van der Waals surface area contributed by atoms with Crippen molar-refractivity contribution in [3.63, 3.8) is 0 Å². The van der Waals surface area contributed by atoms with E-state index in [1.54, 1.807) is 17.0 Å². The summed E-state index contributed by atoms with van der Waals surface area (Å²) in [6, 6.07) is 15.2. The van der Waals surface area contributed by atoms with E-state index in [1.165, 1.54) is 23.8 Å². The highest BCUT2D eigenvalue weighted by Crippen LogP contribution is 2.17. The van der Waals surface area contributed by atoms with E-state index < -0.39 is 29.7 Å². The minimum Gasteiger partial charge on any atom is -0.390 e. The lowest BCUT2D eigenvalue weighted by molar-refractivity contribution is 0.0755. The summed E-state index contributed by atoms with van der Waals surface area (Å²) in [5.41, 5.74) is 3.73. The maximum atomic E-state index is 14.0. The number of aliphatic hydroxyl groups excluding tert-OH is 1. The molecule has 0 aliphatic carbocycles. The molecule has 0 fully saturated rings. The van der Waals surface area contributed by atoms with Gasteiger partial charge in [-0.1, -0.05) is 45.0 Å². The molecule has 3 rings (SSSR count). The van der Waals surface area contributed by atoms with Crippen molar-refractivity contribution in [3.05, 3.63) is 106 Å². The molecule has 0 saturated heterocycles. The first kappa shape index (κ1) is 34.4. The molecule has 0 radical (unpaired) electrons. The fourth-order valence-electron chi connectivity index (χ4n) is 5.19. The topological polar surface area (TPSA) is 81.7 Å². The number of aliphatic hydroxyl groups is 1. The maximum Gasteiger partial charge on any atom is 0.253 e. The molecular formula is C36H43F2N3O3. The van der Waals surface area contributed by atoms with Gasteiger partial charge in [0.15, 0.2) is 0 Å². The molecule has 3 aromatic rings. The summed E-state index contributed by atoms with van der Waals surface area (Å²) in [4.78, 5) is 28.8. The number of nitrogens with one attached hydrogen (secondary N) is 2. The van der Waals surface area contributed by atoms with E-state index in [1.807, 2.05) is 32.0 Å². The van der Waals surface area contributed by atoms with Gasteiger partial charge in [0.1, 0.15) is 11.6 Å². The summed E-state index contributed by atoms with van der Waals surface area (Å²) in [6.07, 6.45) is 7.15. The number of nitrogens with zero attached hydrogens (tertiary/aromatic N) is 1. The van der Waals surface area contributed by atoms with Crippen LogP contribution >= 0.6 is 0 Å². The minimum absolute atomic E-state index is 0.0226. The smallest absolute Gasteiger partial charge is 0.253 e. The molecular weight excluding hydrogens is 560 g/mol. The van der Waals surface area contributed by atoms with Gasteiger partial charge in [-0.2, -0.15) is 0 Å². The number of hydrogen-bond donors (Lipinski definition) is 3. The van der Waals surface area contributed by atoms with Gasteiger partial charge in [0, 0.05) is 49.8 Å². The average molecular weight is 604 g/mol. The standard InChI is InChI=1S/C36H43F2N3O3/c1-5-10-26-16-29(21-30(17-26)36(44)41(13-6-2)14-7-3)35(43)40-33(20-28-18-31(37)22-32(38)19-28)34(42)24-39-23-27-12-9-11-25(8-4)15-27/h1,9,11-12,15-19,21-22,33-34,39,42H,6-8,10,13-14,20,23-24H2,2-4H3,(H,40,43)/t33-,34+/m0/s1. The average Bonchev–Trinajstić information content (AvgIpc) is 2.99. The Morgan fingerprint density at radius 1 is 0.886 bits per heavy atom. The molecule has 0 aromatic heterocycles. The summed E-state index contributed by atoms with van der Waals surface area (Å²) in [5.74, 6) is 0.345. The molecule has 0 aliphatic rings. The molecule has 3 aromatic carbocycles. The molecule has 44 heavy (non-hydrogen) atoms. The quantitative estimate of drug-likeness (QED) is 0.190. The minimum atomic E-state index is -1.10. The second-order valence-electron chi connectivity index (χ2n) is 11.0. The largest absolute Gasteiger partial charge is 0.390 e. The lowest BCUT2D eigenvalue weighted by Gasteiger charge is -2.26. The van der Waals surface area contributed by atoms with Gasteiger partial charge in [0.25, 0.3) is 11.8 Å². The number of hydrogen-bond acceptors (Lipinski definition) is 4. The fourth-order valence-corrected chi connectivity index (χ4v) is 5.19. The van der Waals surface area contributed by atoms with Crippen molar-refractivity contribution < 1.29 is 23.5 Å². The molecule has 0 saturated carbocycles. The molecule has 0 spiro atoms. The number of rotatable bonds is 16. The molecule has 0 aliphatic heterocycles. The molecule has 0 bridgehead atoms. The van der Waals surface area contributed by atoms with E-state index in [0.29, 0.717) is 30.8 Å². The van der Waals surface area contributed by atoms with Crippen LogP contribution in [0.15, 0.2) is 60.7 Å². The molecule has 0 heterocycles. The van der Waals surface area contributed by atoms with Crippen molar-refractivity contribution in [2.24, 2.45) is 0 Å². The third kappa shape index (κ3) is 10.3. The predicted octanol–water partition coefficient (Wildman–Crippen LogP) is 5.46. The maximum absolute atomic E-state index is 14.0. The van der Waals surface area contributed by atoms with E-state index in [0.717, 1.165) is 30.9 Å². The van der Waals surface area contributed by atoms with Crippen LogP contribution in [0.1, 0.15) is 76.6 Å². The molecule has 0 unspecified atom stereocenters. The van der Waals surface area contributed by atoms with Gasteiger partial charge < -0.3 is 20.6 Å². The number of terminal acetylenes is 1. The summed E-state index contributed by atoms with van der Waals surface area (Å²) in [5, 5.41) is 17.3. The van der Waals surface area contributed by atoms with Crippen LogP contribution in [0.2, 0.25) is 0 Å². The third-order valence-corrected chi connectivity index (χ3v) is 7.32. The number of amides is 2. The normalized spacial score (nSPS) is 12.3. The second-order valence-corrected chi connectivity index (χ2v) is 11.0. The zero-order valence-electron chi connectivity index (χ0n) is 25.8. The molecule has 2 amide bonds. The van der Waals surface area contributed by atoms with Crippen LogP contribution < -0.4 is 10.6 Å². The Kier molecular flexibility index (Phi) is 13.5. The molecule has 234 valence electrons. The highest BCUT2D eigenvalue weighted by molar-refractivity contribution is 6.00. The van der Waals surface area contributed by atoms with E-state index >= 15 is 0 Å². The lowest BCUT2D eigenvalue weighted by Crippen LogP contribution is -2.48. The van der Waals surface area contributed by atoms with Crippen molar-refractivity contribution in [2.75, 3.05) is 19.6 Å². The van der Waals surface area contributed by atoms with Crippen LogP contribution in [0.5, 0.6) is 0 Å². The van der Waals surface area contributed by atoms with Crippen LogP contribution in [-0.4, -0.2) is 53.6 Å². The van der Waals surface area contributed by atoms with Gasteiger partial charge >= 0.3 is 0 Å². The Hall–Kier alpha value is -4.06. The van der Waals surface area contributed by atoms with Crippen LogP contribution in [0.4, 0.5) is 8.78 Å². The fraction of sp³-hybridized carbons (Fsp3) is 0.389. The first-order valence-electron chi connectivity index (χ1n) is 15.3. The van der Waals surface area contributed by atoms with E-state index in [-0.39, 0.29) is 36.4 Å². The van der Waals surface area contributed by atoms with Gasteiger partial charge in [-0.15, -0.1) is 12.3 Å². The first-order chi connectivity index (χ1) is 21.2. The molecule has 8 heteroatoms. The third-order valence-electron chi connectivity index (χ3n) is 7.32. The summed E-state index contributed by atoms with van der Waals surface area (Å²) in [7, 11) is 0. The van der Waals surface area contributed by atoms with E-state index in [4.69, 9.17) is 6.42 Å². The summed E-state index contributed by atoms with van der Waals surface area (Å²) < 4.78 is 28.0. The summed E-state index contributed by atoms with van der Waals surface area (Å²) >= 11 is 0. The lowest BCUT2D eigenvalue weighted by atomic mass is 9.98. The first-order valence-corrected chi connectivity index (χ1v) is 15.3. The Balaban J connectivity index is 1.86. The molecule has 3 N–H and O–H groups in total. The summed E-state index contributed by atoms with van der Waals surface area (Å²) in [6.45, 7) is 7.85. The second kappa shape index (κ2) is 17.3. The Morgan fingerprint density at radius 2 is 1.55 bits per heavy atom. The van der Waals surface area contributed by atoms with Crippen LogP contribution in [-0.2, 0) is 25.8 Å². The van der Waals surface area contributed by atoms with E-state index in [2.05, 4.69) is 29.5 Å². The molecule has 6 nitrogen and oxygen atoms in total. The Bertz CT molecular complexity index is 1430.